The van der Waals surface area contributed by atoms with Crippen molar-refractivity contribution in [3.63, 3.8) is 0 Å². The normalized spacial score (nSPS) is 22.2. The summed E-state index contributed by atoms with van der Waals surface area (Å²) in [6.45, 7) is 3.58. The fourth-order valence-corrected chi connectivity index (χ4v) is 3.24. The van der Waals surface area contributed by atoms with E-state index in [1.807, 2.05) is 6.92 Å². The summed E-state index contributed by atoms with van der Waals surface area (Å²) in [5.74, 6) is -0.0883. The second-order valence-electron chi connectivity index (χ2n) is 6.25. The first-order valence-electron chi connectivity index (χ1n) is 7.99. The van der Waals surface area contributed by atoms with Crippen molar-refractivity contribution in [3.05, 3.63) is 46.2 Å². The predicted octanol–water partition coefficient (Wildman–Crippen LogP) is 3.06. The van der Waals surface area contributed by atoms with Crippen LogP contribution in [0.3, 0.4) is 0 Å². The van der Waals surface area contributed by atoms with Gasteiger partial charge in [0.05, 0.1) is 30.0 Å². The van der Waals surface area contributed by atoms with E-state index >= 15 is 0 Å². The Morgan fingerprint density at radius 3 is 2.73 bits per heavy atom. The number of nitrogens with one attached hydrogen (secondary N) is 2. The van der Waals surface area contributed by atoms with Crippen molar-refractivity contribution < 1.29 is 18.0 Å². The first-order valence-corrected chi connectivity index (χ1v) is 8.36. The molecule has 1 aromatic carbocycles. The van der Waals surface area contributed by atoms with Gasteiger partial charge in [0, 0.05) is 11.4 Å². The molecule has 1 amide bonds. The van der Waals surface area contributed by atoms with E-state index in [0.717, 1.165) is 12.1 Å². The van der Waals surface area contributed by atoms with Gasteiger partial charge in [-0.1, -0.05) is 22.9 Å². The van der Waals surface area contributed by atoms with Crippen molar-refractivity contribution in [2.24, 2.45) is 0 Å². The molecule has 3 rings (SSSR count). The quantitative estimate of drug-likeness (QED) is 0.849. The van der Waals surface area contributed by atoms with Crippen molar-refractivity contribution in [3.8, 4) is 0 Å². The maximum Gasteiger partial charge on any atom is 0.416 e. The number of hydrogen-bond donors (Lipinski definition) is 2. The van der Waals surface area contributed by atoms with Crippen LogP contribution in [0.25, 0.3) is 0 Å². The fourth-order valence-electron chi connectivity index (χ4n) is 2.90. The van der Waals surface area contributed by atoms with E-state index in [9.17, 15) is 18.0 Å². The molecule has 2 heterocycles. The zero-order valence-electron chi connectivity index (χ0n) is 14.0. The molecule has 0 saturated carbocycles. The standard InChI is InChI=1S/C16H17ClF3N5O/c1-8(11-4-3-10(5-12(11)17)16(18,19)20)25-7-14(23-24-25)13-6-15(26)22-9(2)21-13/h3-5,7-9,13,21H,6H2,1-2H3,(H,22,26)/t8-,9?,13?/m1/s1. The molecule has 0 aliphatic carbocycles. The van der Waals surface area contributed by atoms with Crippen LogP contribution in [0.1, 0.15) is 49.2 Å². The molecule has 10 heteroatoms. The van der Waals surface area contributed by atoms with Crippen molar-refractivity contribution in [1.82, 2.24) is 25.6 Å². The number of benzene rings is 1. The first kappa shape index (κ1) is 18.7. The van der Waals surface area contributed by atoms with Crippen LogP contribution in [0.15, 0.2) is 24.4 Å². The lowest BCUT2D eigenvalue weighted by molar-refractivity contribution is -0.137. The van der Waals surface area contributed by atoms with Crippen LogP contribution in [0.5, 0.6) is 0 Å². The minimum absolute atomic E-state index is 0.00756. The molecule has 1 aliphatic rings. The average molecular weight is 388 g/mol. The number of alkyl halides is 3. The molecule has 1 saturated heterocycles. The van der Waals surface area contributed by atoms with Gasteiger partial charge in [-0.3, -0.25) is 10.1 Å². The fraction of sp³-hybridized carbons (Fsp3) is 0.438. The summed E-state index contributed by atoms with van der Waals surface area (Å²) in [5, 5.41) is 14.1. The van der Waals surface area contributed by atoms with E-state index in [2.05, 4.69) is 20.9 Å². The molecule has 3 atom stereocenters. The predicted molar refractivity (Wildman–Crippen MR) is 88.4 cm³/mol. The molecular formula is C16H17ClF3N5O. The molecule has 1 fully saturated rings. The van der Waals surface area contributed by atoms with Gasteiger partial charge in [-0.15, -0.1) is 5.10 Å². The Balaban J connectivity index is 1.82. The van der Waals surface area contributed by atoms with Crippen LogP contribution in [0, 0.1) is 0 Å². The second kappa shape index (κ2) is 6.88. The molecule has 1 aromatic heterocycles. The van der Waals surface area contributed by atoms with Crippen LogP contribution in [0.2, 0.25) is 5.02 Å². The summed E-state index contributed by atoms with van der Waals surface area (Å²) >= 11 is 6.05. The van der Waals surface area contributed by atoms with Gasteiger partial charge in [0.1, 0.15) is 5.69 Å². The highest BCUT2D eigenvalue weighted by Gasteiger charge is 2.31. The minimum atomic E-state index is -4.45. The topological polar surface area (TPSA) is 71.8 Å². The number of carbonyl (C=O) groups is 1. The Kier molecular flexibility index (Phi) is 4.94. The SMILES string of the molecule is CC1NC(=O)CC(c2cn([C@H](C)c3ccc(C(F)(F)F)cc3Cl)nn2)N1. The Hall–Kier alpha value is -2.13. The summed E-state index contributed by atoms with van der Waals surface area (Å²) in [6, 6.07) is 2.54. The second-order valence-corrected chi connectivity index (χ2v) is 6.65. The minimum Gasteiger partial charge on any atom is -0.341 e. The number of aromatic nitrogens is 3. The Bertz CT molecular complexity index is 822. The molecule has 140 valence electrons. The van der Waals surface area contributed by atoms with E-state index in [1.165, 1.54) is 10.7 Å². The maximum absolute atomic E-state index is 12.8. The van der Waals surface area contributed by atoms with Crippen LogP contribution in [-0.4, -0.2) is 27.1 Å². The maximum atomic E-state index is 12.8. The van der Waals surface area contributed by atoms with E-state index in [1.54, 1.807) is 13.1 Å². The third-order valence-corrected chi connectivity index (χ3v) is 4.61. The van der Waals surface area contributed by atoms with Crippen molar-refractivity contribution in [1.29, 1.82) is 0 Å². The van der Waals surface area contributed by atoms with E-state index in [-0.39, 0.29) is 29.6 Å². The van der Waals surface area contributed by atoms with Gasteiger partial charge in [-0.2, -0.15) is 13.2 Å². The lowest BCUT2D eigenvalue weighted by Gasteiger charge is -2.27. The Morgan fingerprint density at radius 2 is 2.12 bits per heavy atom. The third kappa shape index (κ3) is 3.83. The number of nitrogens with zero attached hydrogens (tertiary/aromatic N) is 3. The largest absolute Gasteiger partial charge is 0.416 e. The van der Waals surface area contributed by atoms with Gasteiger partial charge >= 0.3 is 6.18 Å². The monoisotopic (exact) mass is 387 g/mol. The zero-order chi connectivity index (χ0) is 19.1. The number of rotatable bonds is 3. The number of halogens is 4. The molecule has 1 aliphatic heterocycles. The molecule has 26 heavy (non-hydrogen) atoms. The van der Waals surface area contributed by atoms with Crippen LogP contribution in [0.4, 0.5) is 13.2 Å². The summed E-state index contributed by atoms with van der Waals surface area (Å²) in [6.07, 6.45) is -2.73. The third-order valence-electron chi connectivity index (χ3n) is 4.28. The highest BCUT2D eigenvalue weighted by atomic mass is 35.5. The molecule has 0 radical (unpaired) electrons. The van der Waals surface area contributed by atoms with Crippen molar-refractivity contribution in [2.45, 2.75) is 44.7 Å². The lowest BCUT2D eigenvalue weighted by Crippen LogP contribution is -2.51. The molecule has 2 N–H and O–H groups in total. The molecule has 2 unspecified atom stereocenters. The van der Waals surface area contributed by atoms with Gasteiger partial charge in [0.15, 0.2) is 0 Å². The number of amides is 1. The first-order chi connectivity index (χ1) is 12.1. The summed E-state index contributed by atoms with van der Waals surface area (Å²) < 4.78 is 39.8. The van der Waals surface area contributed by atoms with Crippen LogP contribution in [-0.2, 0) is 11.0 Å². The van der Waals surface area contributed by atoms with Crippen LogP contribution < -0.4 is 10.6 Å². The van der Waals surface area contributed by atoms with E-state index in [0.29, 0.717) is 11.3 Å². The zero-order valence-corrected chi connectivity index (χ0v) is 14.8. The highest BCUT2D eigenvalue weighted by Crippen LogP contribution is 2.34. The lowest BCUT2D eigenvalue weighted by atomic mass is 10.1. The Labute approximate surface area is 152 Å². The van der Waals surface area contributed by atoms with Gasteiger partial charge in [0.25, 0.3) is 0 Å². The summed E-state index contributed by atoms with van der Waals surface area (Å²) in [5.41, 5.74) is 0.282. The van der Waals surface area contributed by atoms with Gasteiger partial charge in [-0.25, -0.2) is 4.68 Å². The molecule has 2 aromatic rings. The molecular weight excluding hydrogens is 371 g/mol. The van der Waals surface area contributed by atoms with Crippen LogP contribution >= 0.6 is 11.6 Å². The summed E-state index contributed by atoms with van der Waals surface area (Å²) in [4.78, 5) is 11.7. The number of carbonyl (C=O) groups excluding carboxylic acids is 1. The van der Waals surface area contributed by atoms with E-state index < -0.39 is 17.8 Å². The smallest absolute Gasteiger partial charge is 0.341 e. The summed E-state index contributed by atoms with van der Waals surface area (Å²) in [7, 11) is 0. The van der Waals surface area contributed by atoms with Crippen molar-refractivity contribution in [2.75, 3.05) is 0 Å². The highest BCUT2D eigenvalue weighted by molar-refractivity contribution is 6.31. The number of hydrogen-bond acceptors (Lipinski definition) is 4. The van der Waals surface area contributed by atoms with Gasteiger partial charge in [0.2, 0.25) is 5.91 Å². The van der Waals surface area contributed by atoms with Gasteiger partial charge < -0.3 is 5.32 Å². The van der Waals surface area contributed by atoms with Gasteiger partial charge in [-0.05, 0) is 31.5 Å². The average Bonchev–Trinajstić information content (AvgIpc) is 3.02. The molecule has 0 bridgehead atoms. The molecule has 0 spiro atoms. The molecule has 6 nitrogen and oxygen atoms in total. The Morgan fingerprint density at radius 1 is 1.38 bits per heavy atom. The van der Waals surface area contributed by atoms with Crippen molar-refractivity contribution >= 4 is 17.5 Å². The van der Waals surface area contributed by atoms with E-state index in [4.69, 9.17) is 11.6 Å².